The highest BCUT2D eigenvalue weighted by atomic mass is 16.6. The lowest BCUT2D eigenvalue weighted by atomic mass is 10.2. The molecule has 2 heterocycles. The molecule has 2 aromatic heterocycles. The van der Waals surface area contributed by atoms with Gasteiger partial charge >= 0.3 is 5.97 Å². The minimum atomic E-state index is -0.615. The van der Waals surface area contributed by atoms with Gasteiger partial charge in [0.15, 0.2) is 0 Å². The predicted octanol–water partition coefficient (Wildman–Crippen LogP) is 2.41. The van der Waals surface area contributed by atoms with Crippen LogP contribution in [0.1, 0.15) is 17.4 Å². The van der Waals surface area contributed by atoms with Crippen molar-refractivity contribution in [2.45, 2.75) is 6.92 Å². The molecule has 9 nitrogen and oxygen atoms in total. The zero-order chi connectivity index (χ0) is 17.8. The third-order valence-corrected chi connectivity index (χ3v) is 3.35. The number of non-ortho nitro benzene ring substituents is 1. The third-order valence-electron chi connectivity index (χ3n) is 3.35. The Kier molecular flexibility index (Phi) is 4.46. The molecule has 0 amide bonds. The van der Waals surface area contributed by atoms with E-state index in [9.17, 15) is 14.9 Å². The molecule has 9 heteroatoms. The summed E-state index contributed by atoms with van der Waals surface area (Å²) in [6.45, 7) is 1.89. The fourth-order valence-electron chi connectivity index (χ4n) is 2.25. The summed E-state index contributed by atoms with van der Waals surface area (Å²) < 4.78 is 6.42. The van der Waals surface area contributed by atoms with Crippen LogP contribution in [0.2, 0.25) is 0 Å². The minimum absolute atomic E-state index is 0.0268. The Morgan fingerprint density at radius 3 is 2.60 bits per heavy atom. The molecule has 0 spiro atoms. The molecular formula is C16H13N5O4. The zero-order valence-corrected chi connectivity index (χ0v) is 13.2. The number of nitrogens with zero attached hydrogens (tertiary/aromatic N) is 5. The van der Waals surface area contributed by atoms with Gasteiger partial charge in [-0.1, -0.05) is 11.3 Å². The highest BCUT2D eigenvalue weighted by molar-refractivity contribution is 5.93. The summed E-state index contributed by atoms with van der Waals surface area (Å²) in [5.41, 5.74) is 1.32. The SMILES string of the molecule is CCOC(=O)c1nnn(-c2ccc([N+](=O)[O-])cc2)c1-c1ccccn1. The highest BCUT2D eigenvalue weighted by Gasteiger charge is 2.24. The average Bonchev–Trinajstić information content (AvgIpc) is 3.08. The van der Waals surface area contributed by atoms with Crippen LogP contribution in [0.25, 0.3) is 17.1 Å². The van der Waals surface area contributed by atoms with Gasteiger partial charge in [0, 0.05) is 18.3 Å². The number of ether oxygens (including phenoxy) is 1. The van der Waals surface area contributed by atoms with Crippen molar-refractivity contribution >= 4 is 11.7 Å². The summed E-state index contributed by atoms with van der Waals surface area (Å²) in [6.07, 6.45) is 1.58. The van der Waals surface area contributed by atoms with Crippen molar-refractivity contribution in [1.82, 2.24) is 20.0 Å². The molecule has 0 aliphatic carbocycles. The summed E-state index contributed by atoms with van der Waals surface area (Å²) in [5, 5.41) is 18.7. The van der Waals surface area contributed by atoms with Crippen LogP contribution < -0.4 is 0 Å². The first-order valence-electron chi connectivity index (χ1n) is 7.41. The second-order valence-electron chi connectivity index (χ2n) is 4.91. The number of benzene rings is 1. The van der Waals surface area contributed by atoms with Gasteiger partial charge in [-0.25, -0.2) is 9.48 Å². The number of hydrogen-bond acceptors (Lipinski definition) is 7. The van der Waals surface area contributed by atoms with Crippen molar-refractivity contribution in [2.75, 3.05) is 6.61 Å². The fourth-order valence-corrected chi connectivity index (χ4v) is 2.25. The second kappa shape index (κ2) is 6.87. The largest absolute Gasteiger partial charge is 0.461 e. The summed E-state index contributed by atoms with van der Waals surface area (Å²) in [5.74, 6) is -0.615. The molecule has 1 aromatic carbocycles. The van der Waals surface area contributed by atoms with Gasteiger partial charge in [0.2, 0.25) is 5.69 Å². The first-order valence-corrected chi connectivity index (χ1v) is 7.41. The van der Waals surface area contributed by atoms with Gasteiger partial charge in [-0.05, 0) is 31.2 Å². The standard InChI is InChI=1S/C16H13N5O4/c1-2-25-16(22)14-15(13-5-3-4-10-17-13)20(19-18-14)11-6-8-12(9-7-11)21(23)24/h3-10H,2H2,1H3. The Morgan fingerprint density at radius 2 is 2.00 bits per heavy atom. The van der Waals surface area contributed by atoms with Crippen molar-refractivity contribution in [3.8, 4) is 17.1 Å². The molecule has 0 unspecified atom stereocenters. The Hall–Kier alpha value is -3.62. The Morgan fingerprint density at radius 1 is 1.24 bits per heavy atom. The lowest BCUT2D eigenvalue weighted by Crippen LogP contribution is -2.08. The molecular weight excluding hydrogens is 326 g/mol. The van der Waals surface area contributed by atoms with E-state index in [-0.39, 0.29) is 18.0 Å². The summed E-state index contributed by atoms with van der Waals surface area (Å²) in [7, 11) is 0. The number of pyridine rings is 1. The molecule has 0 N–H and O–H groups in total. The quantitative estimate of drug-likeness (QED) is 0.398. The molecule has 0 bridgehead atoms. The third kappa shape index (κ3) is 3.20. The molecule has 126 valence electrons. The van der Waals surface area contributed by atoms with Crippen LogP contribution in [0, 0.1) is 10.1 Å². The van der Waals surface area contributed by atoms with Crippen molar-refractivity contribution < 1.29 is 14.5 Å². The van der Waals surface area contributed by atoms with E-state index in [4.69, 9.17) is 4.74 Å². The van der Waals surface area contributed by atoms with Crippen molar-refractivity contribution in [3.63, 3.8) is 0 Å². The van der Waals surface area contributed by atoms with Gasteiger partial charge in [-0.2, -0.15) is 0 Å². The maximum Gasteiger partial charge on any atom is 0.361 e. The molecule has 0 aliphatic heterocycles. The molecule has 0 atom stereocenters. The number of rotatable bonds is 5. The van der Waals surface area contributed by atoms with Gasteiger partial charge in [0.05, 0.1) is 22.9 Å². The van der Waals surface area contributed by atoms with Crippen LogP contribution in [-0.4, -0.2) is 37.5 Å². The zero-order valence-electron chi connectivity index (χ0n) is 13.2. The van der Waals surface area contributed by atoms with E-state index in [2.05, 4.69) is 15.3 Å². The first kappa shape index (κ1) is 16.2. The van der Waals surface area contributed by atoms with Crippen LogP contribution >= 0.6 is 0 Å². The highest BCUT2D eigenvalue weighted by Crippen LogP contribution is 2.25. The number of nitro groups is 1. The molecule has 0 saturated carbocycles. The van der Waals surface area contributed by atoms with Crippen molar-refractivity contribution in [3.05, 3.63) is 64.5 Å². The van der Waals surface area contributed by atoms with Crippen LogP contribution in [0.4, 0.5) is 5.69 Å². The first-order chi connectivity index (χ1) is 12.1. The number of carbonyl (C=O) groups is 1. The monoisotopic (exact) mass is 339 g/mol. The summed E-state index contributed by atoms with van der Waals surface area (Å²) in [4.78, 5) is 26.7. The Labute approximate surface area is 142 Å². The summed E-state index contributed by atoms with van der Waals surface area (Å²) >= 11 is 0. The van der Waals surface area contributed by atoms with Gasteiger partial charge in [-0.3, -0.25) is 15.1 Å². The minimum Gasteiger partial charge on any atom is -0.461 e. The summed E-state index contributed by atoms with van der Waals surface area (Å²) in [6, 6.07) is 11.0. The van der Waals surface area contributed by atoms with Crippen molar-refractivity contribution in [2.24, 2.45) is 0 Å². The van der Waals surface area contributed by atoms with Crippen LogP contribution in [-0.2, 0) is 4.74 Å². The van der Waals surface area contributed by atoms with Crippen LogP contribution in [0.15, 0.2) is 48.7 Å². The smallest absolute Gasteiger partial charge is 0.361 e. The van der Waals surface area contributed by atoms with Gasteiger partial charge in [0.25, 0.3) is 5.69 Å². The predicted molar refractivity (Wildman–Crippen MR) is 87.2 cm³/mol. The Balaban J connectivity index is 2.13. The van der Waals surface area contributed by atoms with E-state index in [0.717, 1.165) is 0 Å². The molecule has 0 radical (unpaired) electrons. The van der Waals surface area contributed by atoms with Crippen molar-refractivity contribution in [1.29, 1.82) is 0 Å². The fraction of sp³-hybridized carbons (Fsp3) is 0.125. The topological polar surface area (TPSA) is 113 Å². The van der Waals surface area contributed by atoms with E-state index >= 15 is 0 Å². The molecule has 25 heavy (non-hydrogen) atoms. The number of aromatic nitrogens is 4. The van der Waals surface area contributed by atoms with E-state index in [0.29, 0.717) is 17.1 Å². The number of nitro benzene ring substituents is 1. The van der Waals surface area contributed by atoms with E-state index in [1.165, 1.54) is 28.9 Å². The maximum absolute atomic E-state index is 12.2. The second-order valence-corrected chi connectivity index (χ2v) is 4.91. The number of esters is 1. The molecule has 0 fully saturated rings. The van der Waals surface area contributed by atoms with Gasteiger partial charge < -0.3 is 4.74 Å². The number of carbonyl (C=O) groups excluding carboxylic acids is 1. The molecule has 0 aliphatic rings. The van der Waals surface area contributed by atoms with E-state index in [1.54, 1.807) is 31.3 Å². The van der Waals surface area contributed by atoms with Crippen LogP contribution in [0.5, 0.6) is 0 Å². The number of hydrogen-bond donors (Lipinski definition) is 0. The average molecular weight is 339 g/mol. The Bertz CT molecular complexity index is 906. The molecule has 3 aromatic rings. The normalized spacial score (nSPS) is 10.4. The maximum atomic E-state index is 12.2. The molecule has 0 saturated heterocycles. The van der Waals surface area contributed by atoms with E-state index < -0.39 is 10.9 Å². The van der Waals surface area contributed by atoms with E-state index in [1.807, 2.05) is 0 Å². The van der Waals surface area contributed by atoms with Crippen LogP contribution in [0.3, 0.4) is 0 Å². The lowest BCUT2D eigenvalue weighted by Gasteiger charge is -2.07. The lowest BCUT2D eigenvalue weighted by molar-refractivity contribution is -0.384. The van der Waals surface area contributed by atoms with Gasteiger partial charge in [0.1, 0.15) is 5.69 Å². The van der Waals surface area contributed by atoms with Gasteiger partial charge in [-0.15, -0.1) is 5.10 Å². The molecule has 3 rings (SSSR count).